The van der Waals surface area contributed by atoms with E-state index in [1.807, 2.05) is 0 Å². The number of halogens is 1. The number of hydrogen-bond acceptors (Lipinski definition) is 1. The Labute approximate surface area is 216 Å². The molecule has 0 saturated heterocycles. The summed E-state index contributed by atoms with van der Waals surface area (Å²) >= 11 is 7.01. The minimum absolute atomic E-state index is 0.00954. The summed E-state index contributed by atoms with van der Waals surface area (Å²) in [6, 6.07) is 17.5. The van der Waals surface area contributed by atoms with Gasteiger partial charge >= 0.3 is 0 Å². The summed E-state index contributed by atoms with van der Waals surface area (Å²) < 4.78 is 0. The summed E-state index contributed by atoms with van der Waals surface area (Å²) in [6.45, 7) is 11.5. The second-order valence-electron chi connectivity index (χ2n) is 11.2. The van der Waals surface area contributed by atoms with E-state index >= 15 is 0 Å². The Morgan fingerprint density at radius 1 is 0.829 bits per heavy atom. The molecule has 1 heterocycles. The highest BCUT2D eigenvalue weighted by Gasteiger charge is 2.38. The van der Waals surface area contributed by atoms with E-state index < -0.39 is 0 Å². The number of para-hydroxylation sites is 1. The number of allylic oxidation sites excluding steroid dienone is 10. The van der Waals surface area contributed by atoms with Crippen molar-refractivity contribution in [1.82, 2.24) is 0 Å². The van der Waals surface area contributed by atoms with Gasteiger partial charge in [0.2, 0.25) is 0 Å². The van der Waals surface area contributed by atoms with Gasteiger partial charge in [-0.2, -0.15) is 0 Å². The molecule has 2 heteroatoms. The molecule has 1 aliphatic heterocycles. The molecule has 0 amide bonds. The Balaban J connectivity index is 1.46. The van der Waals surface area contributed by atoms with Crippen LogP contribution in [0.1, 0.15) is 70.6 Å². The highest BCUT2D eigenvalue weighted by Crippen LogP contribution is 2.48. The van der Waals surface area contributed by atoms with Gasteiger partial charge in [0.15, 0.2) is 0 Å². The van der Waals surface area contributed by atoms with E-state index in [0.29, 0.717) is 0 Å². The maximum Gasteiger partial charge on any atom is 0.0469 e. The predicted octanol–water partition coefficient (Wildman–Crippen LogP) is 9.22. The summed E-state index contributed by atoms with van der Waals surface area (Å²) in [7, 11) is 2.17. The average Bonchev–Trinajstić information content (AvgIpc) is 3.16. The lowest BCUT2D eigenvalue weighted by Crippen LogP contribution is -2.22. The maximum absolute atomic E-state index is 7.01. The van der Waals surface area contributed by atoms with Crippen LogP contribution in [0.2, 0.25) is 0 Å². The topological polar surface area (TPSA) is 3.24 Å². The molecule has 0 aromatic heterocycles. The summed E-state index contributed by atoms with van der Waals surface area (Å²) in [5.74, 6) is 0. The minimum atomic E-state index is -0.0247. The van der Waals surface area contributed by atoms with Crippen LogP contribution in [0.5, 0.6) is 0 Å². The van der Waals surface area contributed by atoms with Crippen LogP contribution < -0.4 is 4.90 Å². The standard InChI is InChI=1S/C33H36ClN/c1-22-25-14-7-8-15-27(25)32(2,3)26(22)20-18-23-12-11-13-24(31(23)34)19-21-30-33(4,5)28-16-9-10-17-29(28)35(30)6/h7-10,14-21H,11-13H2,1-6H3/b20-18+,24-19?,30-21+. The molecule has 3 aliphatic rings. The SMILES string of the molecule is CC1=C(/C=C/C2=C(Cl)C(=C/C=C3/N(C)c4ccccc4C3(C)C)CCC2)C(C)(C)c2ccccc21. The highest BCUT2D eigenvalue weighted by atomic mass is 35.5. The molecule has 0 bridgehead atoms. The molecule has 0 atom stereocenters. The number of nitrogens with zero attached hydrogens (tertiary/aromatic N) is 1. The van der Waals surface area contributed by atoms with Crippen LogP contribution >= 0.6 is 11.6 Å². The van der Waals surface area contributed by atoms with Gasteiger partial charge in [0.05, 0.1) is 0 Å². The van der Waals surface area contributed by atoms with E-state index in [2.05, 4.69) is 119 Å². The predicted molar refractivity (Wildman–Crippen MR) is 152 cm³/mol. The van der Waals surface area contributed by atoms with Crippen molar-refractivity contribution in [3.63, 3.8) is 0 Å². The van der Waals surface area contributed by atoms with Crippen molar-refractivity contribution in [2.24, 2.45) is 0 Å². The largest absolute Gasteiger partial charge is 0.347 e. The molecule has 1 nitrogen and oxygen atoms in total. The Bertz CT molecular complexity index is 1340. The van der Waals surface area contributed by atoms with Gasteiger partial charge in [0.1, 0.15) is 0 Å². The van der Waals surface area contributed by atoms with Crippen LogP contribution in [-0.4, -0.2) is 7.05 Å². The molecular weight excluding hydrogens is 446 g/mol. The lowest BCUT2D eigenvalue weighted by Gasteiger charge is -2.24. The first-order valence-electron chi connectivity index (χ1n) is 12.8. The van der Waals surface area contributed by atoms with E-state index in [1.54, 1.807) is 0 Å². The number of hydrogen-bond donors (Lipinski definition) is 0. The minimum Gasteiger partial charge on any atom is -0.347 e. The van der Waals surface area contributed by atoms with E-state index in [0.717, 1.165) is 24.3 Å². The first kappa shape index (κ1) is 23.9. The zero-order chi connectivity index (χ0) is 25.0. The van der Waals surface area contributed by atoms with Crippen LogP contribution in [0.4, 0.5) is 5.69 Å². The number of benzene rings is 2. The normalized spacial score (nSPS) is 23.1. The lowest BCUT2D eigenvalue weighted by atomic mass is 9.80. The highest BCUT2D eigenvalue weighted by molar-refractivity contribution is 6.32. The van der Waals surface area contributed by atoms with Crippen LogP contribution in [0.15, 0.2) is 100 Å². The number of rotatable bonds is 3. The van der Waals surface area contributed by atoms with Crippen LogP contribution in [0, 0.1) is 0 Å². The number of anilines is 1. The molecule has 35 heavy (non-hydrogen) atoms. The Kier molecular flexibility index (Phi) is 5.96. The van der Waals surface area contributed by atoms with Crippen molar-refractivity contribution in [1.29, 1.82) is 0 Å². The Morgan fingerprint density at radius 2 is 1.51 bits per heavy atom. The fourth-order valence-electron chi connectivity index (χ4n) is 6.32. The van der Waals surface area contributed by atoms with E-state index in [1.165, 1.54) is 50.4 Å². The molecule has 0 unspecified atom stereocenters. The van der Waals surface area contributed by atoms with Crippen molar-refractivity contribution in [2.75, 3.05) is 11.9 Å². The van der Waals surface area contributed by atoms with Crippen LogP contribution in [-0.2, 0) is 10.8 Å². The molecule has 2 aromatic carbocycles. The average molecular weight is 482 g/mol. The third kappa shape index (κ3) is 3.85. The molecule has 0 fully saturated rings. The summed E-state index contributed by atoms with van der Waals surface area (Å²) in [4.78, 5) is 2.32. The maximum atomic E-state index is 7.01. The second-order valence-corrected chi connectivity index (χ2v) is 11.6. The molecule has 0 radical (unpaired) electrons. The third-order valence-corrected chi connectivity index (χ3v) is 8.86. The molecule has 0 spiro atoms. The molecule has 0 saturated carbocycles. The van der Waals surface area contributed by atoms with Gasteiger partial charge in [-0.25, -0.2) is 0 Å². The van der Waals surface area contributed by atoms with E-state index in [9.17, 15) is 0 Å². The van der Waals surface area contributed by atoms with Gasteiger partial charge < -0.3 is 4.90 Å². The number of likely N-dealkylation sites (N-methyl/N-ethyl adjacent to an activating group) is 1. The van der Waals surface area contributed by atoms with Gasteiger partial charge in [-0.1, -0.05) is 100.0 Å². The molecular formula is C33H36ClN. The summed E-state index contributed by atoms with van der Waals surface area (Å²) in [5.41, 5.74) is 12.0. The number of fused-ring (bicyclic) bond motifs is 2. The van der Waals surface area contributed by atoms with Crippen molar-refractivity contribution in [3.05, 3.63) is 117 Å². The zero-order valence-electron chi connectivity index (χ0n) is 21.9. The molecule has 0 N–H and O–H groups in total. The van der Waals surface area contributed by atoms with Crippen LogP contribution in [0.25, 0.3) is 5.57 Å². The Hall–Kier alpha value is -2.77. The van der Waals surface area contributed by atoms with Crippen molar-refractivity contribution >= 4 is 22.9 Å². The first-order valence-corrected chi connectivity index (χ1v) is 13.1. The van der Waals surface area contributed by atoms with E-state index in [4.69, 9.17) is 11.6 Å². The van der Waals surface area contributed by atoms with Crippen LogP contribution in [0.3, 0.4) is 0 Å². The van der Waals surface area contributed by atoms with Gasteiger partial charge in [-0.05, 0) is 77.3 Å². The quantitative estimate of drug-likeness (QED) is 0.422. The molecule has 2 aromatic rings. The smallest absolute Gasteiger partial charge is 0.0469 e. The van der Waals surface area contributed by atoms with Gasteiger partial charge in [0, 0.05) is 34.3 Å². The van der Waals surface area contributed by atoms with Gasteiger partial charge in [-0.15, -0.1) is 0 Å². The summed E-state index contributed by atoms with van der Waals surface area (Å²) in [5, 5.41) is 0.923. The third-order valence-electron chi connectivity index (χ3n) is 8.37. The van der Waals surface area contributed by atoms with Crippen molar-refractivity contribution < 1.29 is 0 Å². The lowest BCUT2D eigenvalue weighted by molar-refractivity contribution is 0.640. The Morgan fingerprint density at radius 3 is 2.23 bits per heavy atom. The van der Waals surface area contributed by atoms with Crippen molar-refractivity contribution in [3.8, 4) is 0 Å². The summed E-state index contributed by atoms with van der Waals surface area (Å²) in [6.07, 6.45) is 12.3. The van der Waals surface area contributed by atoms with Gasteiger partial charge in [-0.3, -0.25) is 0 Å². The van der Waals surface area contributed by atoms with Gasteiger partial charge in [0.25, 0.3) is 0 Å². The monoisotopic (exact) mass is 481 g/mol. The molecule has 180 valence electrons. The fraction of sp³-hybridized carbons (Fsp3) is 0.333. The first-order chi connectivity index (χ1) is 16.6. The zero-order valence-corrected chi connectivity index (χ0v) is 22.6. The van der Waals surface area contributed by atoms with E-state index in [-0.39, 0.29) is 10.8 Å². The molecule has 2 aliphatic carbocycles. The fourth-order valence-corrected chi connectivity index (χ4v) is 6.64. The second kappa shape index (κ2) is 8.71. The molecule has 5 rings (SSSR count). The van der Waals surface area contributed by atoms with Crippen molar-refractivity contribution in [2.45, 2.75) is 64.7 Å².